The normalized spacial score (nSPS) is 10.9. The van der Waals surface area contributed by atoms with Crippen molar-refractivity contribution in [2.75, 3.05) is 0 Å². The van der Waals surface area contributed by atoms with E-state index in [-0.39, 0.29) is 10.7 Å². The largest absolute Gasteiger partial charge is 0.478 e. The molecule has 9 heteroatoms. The lowest BCUT2D eigenvalue weighted by molar-refractivity contribution is 0.0697. The van der Waals surface area contributed by atoms with E-state index in [9.17, 15) is 4.79 Å². The summed E-state index contributed by atoms with van der Waals surface area (Å²) in [5.41, 5.74) is 0.880. The molecule has 0 saturated heterocycles. The van der Waals surface area contributed by atoms with Gasteiger partial charge in [0.05, 0.1) is 12.5 Å². The zero-order valence-electron chi connectivity index (χ0n) is 8.70. The van der Waals surface area contributed by atoms with Crippen molar-refractivity contribution in [2.45, 2.75) is 0 Å². The Labute approximate surface area is 104 Å². The second-order valence-corrected chi connectivity index (χ2v) is 3.72. The van der Waals surface area contributed by atoms with E-state index in [1.54, 1.807) is 0 Å². The van der Waals surface area contributed by atoms with Crippen molar-refractivity contribution in [3.63, 3.8) is 0 Å². The molecule has 0 radical (unpaired) electrons. The number of imidazole rings is 1. The number of hydrogen-bond acceptors (Lipinski definition) is 5. The molecule has 3 aromatic rings. The predicted octanol–water partition coefficient (Wildman–Crippen LogP) is 0.890. The number of aromatic carboxylic acids is 1. The van der Waals surface area contributed by atoms with Crippen LogP contribution in [-0.4, -0.2) is 40.8 Å². The third kappa shape index (κ3) is 1.43. The first kappa shape index (κ1) is 10.7. The molecule has 3 rings (SSSR count). The second-order valence-electron chi connectivity index (χ2n) is 3.36. The number of H-pyrrole nitrogens is 1. The molecule has 0 aliphatic rings. The Morgan fingerprint density at radius 3 is 2.94 bits per heavy atom. The summed E-state index contributed by atoms with van der Waals surface area (Å²) < 4.78 is 1.22. The summed E-state index contributed by atoms with van der Waals surface area (Å²) >= 11 is 5.95. The van der Waals surface area contributed by atoms with Gasteiger partial charge in [0.15, 0.2) is 11.5 Å². The third-order valence-electron chi connectivity index (χ3n) is 2.34. The monoisotopic (exact) mass is 264 g/mol. The molecule has 0 amide bonds. The molecule has 0 saturated carbocycles. The van der Waals surface area contributed by atoms with Gasteiger partial charge in [-0.2, -0.15) is 5.10 Å². The molecule has 3 heterocycles. The van der Waals surface area contributed by atoms with Crippen LogP contribution in [0.3, 0.4) is 0 Å². The number of hydrogen-bond donors (Lipinski definition) is 2. The Morgan fingerprint density at radius 1 is 1.39 bits per heavy atom. The Morgan fingerprint density at radius 2 is 2.22 bits per heavy atom. The van der Waals surface area contributed by atoms with E-state index in [1.165, 1.54) is 17.3 Å². The van der Waals surface area contributed by atoms with Crippen LogP contribution in [0.4, 0.5) is 0 Å². The van der Waals surface area contributed by atoms with Gasteiger partial charge < -0.3 is 10.1 Å². The topological polar surface area (TPSA) is 110 Å². The highest BCUT2D eigenvalue weighted by Crippen LogP contribution is 2.22. The number of carboxylic acid groups (broad SMARTS) is 1. The molecule has 2 N–H and O–H groups in total. The summed E-state index contributed by atoms with van der Waals surface area (Å²) in [7, 11) is 0. The molecule has 0 atom stereocenters. The van der Waals surface area contributed by atoms with Crippen molar-refractivity contribution < 1.29 is 9.90 Å². The van der Waals surface area contributed by atoms with Crippen molar-refractivity contribution in [2.24, 2.45) is 0 Å². The van der Waals surface area contributed by atoms with Gasteiger partial charge in [-0.3, -0.25) is 0 Å². The number of halogens is 1. The van der Waals surface area contributed by atoms with Gasteiger partial charge in [0, 0.05) is 0 Å². The first-order chi connectivity index (χ1) is 8.68. The van der Waals surface area contributed by atoms with E-state index in [4.69, 9.17) is 16.7 Å². The fourth-order valence-electron chi connectivity index (χ4n) is 1.54. The Balaban J connectivity index is 2.26. The number of fused-ring (bicyclic) bond motifs is 1. The predicted molar refractivity (Wildman–Crippen MR) is 60.8 cm³/mol. The standard InChI is InChI=1S/C9H5ClN6O2/c10-6-4(9(17)18)1-15-16(6)8-5-7(12-2-11-5)13-3-14-8/h1-3H,(H,17,18)(H,11,12,13,14). The van der Waals surface area contributed by atoms with Crippen LogP contribution in [0.1, 0.15) is 10.4 Å². The van der Waals surface area contributed by atoms with Gasteiger partial charge in [-0.25, -0.2) is 24.4 Å². The first-order valence-corrected chi connectivity index (χ1v) is 5.17. The zero-order chi connectivity index (χ0) is 12.7. The molecule has 18 heavy (non-hydrogen) atoms. The molecular formula is C9H5ClN6O2. The molecular weight excluding hydrogens is 260 g/mol. The lowest BCUT2D eigenvalue weighted by Crippen LogP contribution is -2.02. The van der Waals surface area contributed by atoms with Crippen molar-refractivity contribution in [1.82, 2.24) is 29.7 Å². The van der Waals surface area contributed by atoms with E-state index in [2.05, 4.69) is 25.0 Å². The highest BCUT2D eigenvalue weighted by atomic mass is 35.5. The minimum absolute atomic E-state index is 0.0305. The minimum atomic E-state index is -1.15. The zero-order valence-corrected chi connectivity index (χ0v) is 9.46. The maximum Gasteiger partial charge on any atom is 0.340 e. The number of carboxylic acids is 1. The molecule has 0 aliphatic carbocycles. The van der Waals surface area contributed by atoms with Gasteiger partial charge in [0.1, 0.15) is 22.6 Å². The van der Waals surface area contributed by atoms with Crippen LogP contribution in [0.2, 0.25) is 5.15 Å². The van der Waals surface area contributed by atoms with E-state index in [0.29, 0.717) is 17.0 Å². The number of carbonyl (C=O) groups is 1. The SMILES string of the molecule is O=C(O)c1cnn(-c2ncnc3nc[nH]c23)c1Cl. The summed E-state index contributed by atoms with van der Waals surface area (Å²) in [6, 6.07) is 0. The molecule has 0 fully saturated rings. The quantitative estimate of drug-likeness (QED) is 0.711. The van der Waals surface area contributed by atoms with Crippen LogP contribution in [-0.2, 0) is 0 Å². The average molecular weight is 265 g/mol. The van der Waals surface area contributed by atoms with Crippen molar-refractivity contribution in [3.05, 3.63) is 29.6 Å². The lowest BCUT2D eigenvalue weighted by Gasteiger charge is -2.02. The van der Waals surface area contributed by atoms with Crippen LogP contribution in [0, 0.1) is 0 Å². The molecule has 0 aromatic carbocycles. The number of aromatic amines is 1. The second kappa shape index (κ2) is 3.77. The summed E-state index contributed by atoms with van der Waals surface area (Å²) in [4.78, 5) is 25.7. The van der Waals surface area contributed by atoms with Crippen molar-refractivity contribution in [1.29, 1.82) is 0 Å². The van der Waals surface area contributed by atoms with Gasteiger partial charge >= 0.3 is 5.97 Å². The van der Waals surface area contributed by atoms with Crippen LogP contribution in [0.25, 0.3) is 17.0 Å². The molecule has 0 aliphatic heterocycles. The smallest absolute Gasteiger partial charge is 0.340 e. The van der Waals surface area contributed by atoms with Gasteiger partial charge in [-0.1, -0.05) is 11.6 Å². The molecule has 8 nitrogen and oxygen atoms in total. The Kier molecular flexibility index (Phi) is 2.23. The maximum absolute atomic E-state index is 10.9. The Bertz CT molecular complexity index is 748. The van der Waals surface area contributed by atoms with Crippen LogP contribution >= 0.6 is 11.6 Å². The first-order valence-electron chi connectivity index (χ1n) is 4.79. The van der Waals surface area contributed by atoms with E-state index >= 15 is 0 Å². The summed E-state index contributed by atoms with van der Waals surface area (Å²) in [6.07, 6.45) is 3.92. The van der Waals surface area contributed by atoms with E-state index in [1.807, 2.05) is 0 Å². The average Bonchev–Trinajstić information content (AvgIpc) is 2.94. The highest BCUT2D eigenvalue weighted by Gasteiger charge is 2.18. The maximum atomic E-state index is 10.9. The van der Waals surface area contributed by atoms with Crippen molar-refractivity contribution in [3.8, 4) is 5.82 Å². The molecule has 3 aromatic heterocycles. The summed E-state index contributed by atoms with van der Waals surface area (Å²) in [5, 5.41) is 12.8. The van der Waals surface area contributed by atoms with E-state index in [0.717, 1.165) is 6.20 Å². The van der Waals surface area contributed by atoms with Gasteiger partial charge in [-0.05, 0) is 0 Å². The fourth-order valence-corrected chi connectivity index (χ4v) is 1.79. The number of aromatic nitrogens is 6. The number of rotatable bonds is 2. The molecule has 0 unspecified atom stereocenters. The van der Waals surface area contributed by atoms with E-state index < -0.39 is 5.97 Å². The van der Waals surface area contributed by atoms with Crippen molar-refractivity contribution >= 4 is 28.7 Å². The molecule has 0 bridgehead atoms. The Hall–Kier alpha value is -2.48. The fraction of sp³-hybridized carbons (Fsp3) is 0. The highest BCUT2D eigenvalue weighted by molar-refractivity contribution is 6.32. The number of nitrogens with one attached hydrogen (secondary N) is 1. The number of nitrogens with zero attached hydrogens (tertiary/aromatic N) is 5. The van der Waals surface area contributed by atoms with Gasteiger partial charge in [0.2, 0.25) is 0 Å². The van der Waals surface area contributed by atoms with Crippen LogP contribution in [0.15, 0.2) is 18.9 Å². The third-order valence-corrected chi connectivity index (χ3v) is 2.71. The molecule has 0 spiro atoms. The van der Waals surface area contributed by atoms with Crippen LogP contribution < -0.4 is 0 Å². The summed E-state index contributed by atoms with van der Waals surface area (Å²) in [5.74, 6) is -0.809. The summed E-state index contributed by atoms with van der Waals surface area (Å²) in [6.45, 7) is 0. The molecule has 90 valence electrons. The van der Waals surface area contributed by atoms with Gasteiger partial charge in [-0.15, -0.1) is 0 Å². The van der Waals surface area contributed by atoms with Crippen LogP contribution in [0.5, 0.6) is 0 Å². The minimum Gasteiger partial charge on any atom is -0.478 e. The lowest BCUT2D eigenvalue weighted by atomic mass is 10.4. The van der Waals surface area contributed by atoms with Gasteiger partial charge in [0.25, 0.3) is 0 Å².